The van der Waals surface area contributed by atoms with Crippen LogP contribution in [0.3, 0.4) is 0 Å². The minimum Gasteiger partial charge on any atom is -0.382 e. The van der Waals surface area contributed by atoms with Crippen molar-refractivity contribution in [3.8, 4) is 12.3 Å². The molecule has 1 heterocycles. The average Bonchev–Trinajstić information content (AvgIpc) is 2.60. The molecule has 0 aliphatic rings. The SMILES string of the molecule is C#CC(C)(C)NC(=O)c1sc(N(C)C)nc1N. The second-order valence-electron chi connectivity index (χ2n) is 4.33. The number of hydrogen-bond acceptors (Lipinski definition) is 5. The number of carbonyl (C=O) groups is 1. The Morgan fingerprint density at radius 3 is 2.59 bits per heavy atom. The van der Waals surface area contributed by atoms with Gasteiger partial charge in [0.25, 0.3) is 5.91 Å². The highest BCUT2D eigenvalue weighted by Crippen LogP contribution is 2.26. The average molecular weight is 252 g/mol. The Morgan fingerprint density at radius 2 is 2.18 bits per heavy atom. The van der Waals surface area contributed by atoms with Crippen LogP contribution in [0.4, 0.5) is 10.9 Å². The Kier molecular flexibility index (Phi) is 3.63. The van der Waals surface area contributed by atoms with Gasteiger partial charge in [-0.2, -0.15) is 0 Å². The van der Waals surface area contributed by atoms with Gasteiger partial charge in [0.2, 0.25) is 0 Å². The molecule has 0 atom stereocenters. The molecule has 1 amide bonds. The van der Waals surface area contributed by atoms with Crippen molar-refractivity contribution in [3.05, 3.63) is 4.88 Å². The number of rotatable bonds is 3. The van der Waals surface area contributed by atoms with E-state index in [2.05, 4.69) is 16.2 Å². The number of nitrogens with zero attached hydrogens (tertiary/aromatic N) is 2. The Bertz CT molecular complexity index is 470. The Hall–Kier alpha value is -1.74. The van der Waals surface area contributed by atoms with Gasteiger partial charge in [-0.05, 0) is 13.8 Å². The molecule has 0 saturated heterocycles. The lowest BCUT2D eigenvalue weighted by Crippen LogP contribution is -2.41. The maximum atomic E-state index is 11.9. The fourth-order valence-electron chi connectivity index (χ4n) is 1.05. The first-order chi connectivity index (χ1) is 7.76. The van der Waals surface area contributed by atoms with Gasteiger partial charge in [0.05, 0.1) is 5.54 Å². The molecular weight excluding hydrogens is 236 g/mol. The molecule has 0 aliphatic carbocycles. The minimum atomic E-state index is -0.703. The summed E-state index contributed by atoms with van der Waals surface area (Å²) in [6.45, 7) is 3.49. The smallest absolute Gasteiger partial charge is 0.266 e. The number of amides is 1. The number of anilines is 2. The molecule has 0 bridgehead atoms. The Morgan fingerprint density at radius 1 is 1.59 bits per heavy atom. The molecule has 5 nitrogen and oxygen atoms in total. The van der Waals surface area contributed by atoms with E-state index < -0.39 is 5.54 Å². The van der Waals surface area contributed by atoms with Crippen LogP contribution in [-0.4, -0.2) is 30.5 Å². The summed E-state index contributed by atoms with van der Waals surface area (Å²) < 4.78 is 0. The largest absolute Gasteiger partial charge is 0.382 e. The van der Waals surface area contributed by atoms with Crippen LogP contribution in [0.5, 0.6) is 0 Å². The zero-order chi connectivity index (χ0) is 13.2. The standard InChI is InChI=1S/C11H16N4OS/c1-6-11(2,3)14-9(16)7-8(12)13-10(17-7)15(4)5/h1H,12H2,2-5H3,(H,14,16). The van der Waals surface area contributed by atoms with Crippen LogP contribution in [0.1, 0.15) is 23.5 Å². The van der Waals surface area contributed by atoms with Gasteiger partial charge in [0.15, 0.2) is 5.13 Å². The van der Waals surface area contributed by atoms with Crippen LogP contribution >= 0.6 is 11.3 Å². The van der Waals surface area contributed by atoms with Crippen molar-refractivity contribution in [1.29, 1.82) is 0 Å². The molecule has 0 fully saturated rings. The topological polar surface area (TPSA) is 71.2 Å². The van der Waals surface area contributed by atoms with Crippen molar-refractivity contribution in [1.82, 2.24) is 10.3 Å². The number of nitrogens with two attached hydrogens (primary N) is 1. The maximum absolute atomic E-state index is 11.9. The number of hydrogen-bond donors (Lipinski definition) is 2. The van der Waals surface area contributed by atoms with Crippen LogP contribution in [0, 0.1) is 12.3 Å². The Balaban J connectivity index is 2.95. The molecule has 92 valence electrons. The van der Waals surface area contributed by atoms with E-state index in [9.17, 15) is 4.79 Å². The van der Waals surface area contributed by atoms with Crippen molar-refractivity contribution in [2.24, 2.45) is 0 Å². The highest BCUT2D eigenvalue weighted by atomic mass is 32.1. The molecular formula is C11H16N4OS. The quantitative estimate of drug-likeness (QED) is 0.785. The first-order valence-corrected chi connectivity index (χ1v) is 5.82. The summed E-state index contributed by atoms with van der Waals surface area (Å²) in [6.07, 6.45) is 5.31. The normalized spacial score (nSPS) is 10.8. The number of carbonyl (C=O) groups excluding carboxylic acids is 1. The summed E-state index contributed by atoms with van der Waals surface area (Å²) in [4.78, 5) is 18.2. The van der Waals surface area contributed by atoms with E-state index in [1.54, 1.807) is 18.7 Å². The lowest BCUT2D eigenvalue weighted by molar-refractivity contribution is 0.0934. The van der Waals surface area contributed by atoms with Crippen LogP contribution in [0.15, 0.2) is 0 Å². The van der Waals surface area contributed by atoms with Crippen molar-refractivity contribution in [2.45, 2.75) is 19.4 Å². The van der Waals surface area contributed by atoms with Crippen molar-refractivity contribution < 1.29 is 4.79 Å². The summed E-state index contributed by atoms with van der Waals surface area (Å²) in [5.41, 5.74) is 5.00. The number of aromatic nitrogens is 1. The van der Waals surface area contributed by atoms with Gasteiger partial charge >= 0.3 is 0 Å². The molecule has 6 heteroatoms. The van der Waals surface area contributed by atoms with E-state index in [4.69, 9.17) is 12.2 Å². The first kappa shape index (κ1) is 13.3. The van der Waals surface area contributed by atoms with Gasteiger partial charge in [0.1, 0.15) is 10.7 Å². The summed E-state index contributed by atoms with van der Waals surface area (Å²) in [5, 5.41) is 3.40. The molecule has 1 rings (SSSR count). The third-order valence-electron chi connectivity index (χ3n) is 2.02. The molecule has 0 aromatic carbocycles. The van der Waals surface area contributed by atoms with E-state index >= 15 is 0 Å². The second kappa shape index (κ2) is 4.63. The summed E-state index contributed by atoms with van der Waals surface area (Å²) in [7, 11) is 3.68. The summed E-state index contributed by atoms with van der Waals surface area (Å²) >= 11 is 1.24. The van der Waals surface area contributed by atoms with E-state index in [-0.39, 0.29) is 11.7 Å². The number of nitrogens with one attached hydrogen (secondary N) is 1. The molecule has 1 aromatic heterocycles. The van der Waals surface area contributed by atoms with E-state index in [1.807, 2.05) is 14.1 Å². The van der Waals surface area contributed by atoms with Crippen LogP contribution < -0.4 is 16.0 Å². The summed E-state index contributed by atoms with van der Waals surface area (Å²) in [6, 6.07) is 0. The highest BCUT2D eigenvalue weighted by Gasteiger charge is 2.22. The van der Waals surface area contributed by atoms with Crippen molar-refractivity contribution >= 4 is 28.2 Å². The third-order valence-corrected chi connectivity index (χ3v) is 3.26. The van der Waals surface area contributed by atoms with Crippen LogP contribution in [0.2, 0.25) is 0 Å². The zero-order valence-corrected chi connectivity index (χ0v) is 11.2. The van der Waals surface area contributed by atoms with E-state index in [0.29, 0.717) is 10.0 Å². The van der Waals surface area contributed by atoms with Crippen molar-refractivity contribution in [2.75, 3.05) is 24.7 Å². The minimum absolute atomic E-state index is 0.226. The van der Waals surface area contributed by atoms with Gasteiger partial charge in [0, 0.05) is 14.1 Å². The molecule has 0 radical (unpaired) electrons. The van der Waals surface area contributed by atoms with Gasteiger partial charge in [-0.25, -0.2) is 4.98 Å². The highest BCUT2D eigenvalue weighted by molar-refractivity contribution is 7.18. The lowest BCUT2D eigenvalue weighted by Gasteiger charge is -2.18. The molecule has 3 N–H and O–H groups in total. The summed E-state index contributed by atoms with van der Waals surface area (Å²) in [5.74, 6) is 2.42. The zero-order valence-electron chi connectivity index (χ0n) is 10.4. The predicted octanol–water partition coefficient (Wildman–Crippen LogP) is 0.933. The molecule has 0 saturated carbocycles. The monoisotopic (exact) mass is 252 g/mol. The fourth-order valence-corrected chi connectivity index (χ4v) is 1.85. The Labute approximate surface area is 105 Å². The first-order valence-electron chi connectivity index (χ1n) is 5.00. The van der Waals surface area contributed by atoms with Crippen molar-refractivity contribution in [3.63, 3.8) is 0 Å². The number of nitrogen functional groups attached to an aromatic ring is 1. The molecule has 0 unspecified atom stereocenters. The van der Waals surface area contributed by atoms with Crippen LogP contribution in [-0.2, 0) is 0 Å². The van der Waals surface area contributed by atoms with Gasteiger partial charge < -0.3 is 16.0 Å². The number of thiazole rings is 1. The molecule has 17 heavy (non-hydrogen) atoms. The van der Waals surface area contributed by atoms with E-state index in [1.165, 1.54) is 11.3 Å². The van der Waals surface area contributed by atoms with Gasteiger partial charge in [-0.15, -0.1) is 6.42 Å². The second-order valence-corrected chi connectivity index (χ2v) is 5.31. The fraction of sp³-hybridized carbons (Fsp3) is 0.455. The molecule has 0 spiro atoms. The maximum Gasteiger partial charge on any atom is 0.266 e. The molecule has 1 aromatic rings. The van der Waals surface area contributed by atoms with Crippen LogP contribution in [0.25, 0.3) is 0 Å². The molecule has 0 aliphatic heterocycles. The predicted molar refractivity (Wildman–Crippen MR) is 71.2 cm³/mol. The third kappa shape index (κ3) is 3.11. The van der Waals surface area contributed by atoms with E-state index in [0.717, 1.165) is 0 Å². The van der Waals surface area contributed by atoms with Gasteiger partial charge in [-0.3, -0.25) is 4.79 Å². The number of terminal acetylenes is 1. The lowest BCUT2D eigenvalue weighted by atomic mass is 10.1. The van der Waals surface area contributed by atoms with Gasteiger partial charge in [-0.1, -0.05) is 17.3 Å².